The van der Waals surface area contributed by atoms with E-state index in [2.05, 4.69) is 25.5 Å². The summed E-state index contributed by atoms with van der Waals surface area (Å²) in [5, 5.41) is 11.8. The summed E-state index contributed by atoms with van der Waals surface area (Å²) in [6.07, 6.45) is 5.32. The van der Waals surface area contributed by atoms with Crippen molar-refractivity contribution in [2.45, 2.75) is 6.92 Å². The highest BCUT2D eigenvalue weighted by atomic mass is 16.1. The fraction of sp³-hybridized carbons (Fsp3) is 0.0455. The molecule has 0 fully saturated rings. The molecule has 0 aliphatic heterocycles. The van der Waals surface area contributed by atoms with Crippen molar-refractivity contribution in [2.75, 3.05) is 11.1 Å². The first kappa shape index (κ1) is 17.0. The Kier molecular flexibility index (Phi) is 3.80. The average molecular weight is 382 g/mol. The van der Waals surface area contributed by atoms with Crippen LogP contribution in [0.3, 0.4) is 0 Å². The summed E-state index contributed by atoms with van der Waals surface area (Å²) >= 11 is 0. The van der Waals surface area contributed by atoms with Gasteiger partial charge in [-0.15, -0.1) is 0 Å². The molecule has 5 aromatic rings. The van der Waals surface area contributed by atoms with Crippen LogP contribution in [0.5, 0.6) is 0 Å². The lowest BCUT2D eigenvalue weighted by Gasteiger charge is -2.09. The molecule has 3 heterocycles. The van der Waals surface area contributed by atoms with Crippen molar-refractivity contribution < 1.29 is 4.79 Å². The molecule has 5 rings (SSSR count). The van der Waals surface area contributed by atoms with Gasteiger partial charge in [0.15, 0.2) is 0 Å². The fourth-order valence-electron chi connectivity index (χ4n) is 3.50. The zero-order chi connectivity index (χ0) is 20.0. The molecule has 7 heteroatoms. The van der Waals surface area contributed by atoms with Crippen LogP contribution in [0.4, 0.5) is 11.5 Å². The van der Waals surface area contributed by atoms with Crippen LogP contribution in [-0.4, -0.2) is 26.1 Å². The van der Waals surface area contributed by atoms with Gasteiger partial charge in [0.2, 0.25) is 0 Å². The van der Waals surface area contributed by atoms with Crippen molar-refractivity contribution in [1.29, 1.82) is 0 Å². The van der Waals surface area contributed by atoms with Gasteiger partial charge in [0.25, 0.3) is 5.91 Å². The summed E-state index contributed by atoms with van der Waals surface area (Å²) in [6, 6.07) is 13.4. The molecule has 2 aromatic carbocycles. The van der Waals surface area contributed by atoms with Gasteiger partial charge in [0, 0.05) is 28.2 Å². The summed E-state index contributed by atoms with van der Waals surface area (Å²) < 4.78 is 0. The predicted molar refractivity (Wildman–Crippen MR) is 115 cm³/mol. The van der Waals surface area contributed by atoms with Crippen molar-refractivity contribution in [1.82, 2.24) is 20.2 Å². The minimum absolute atomic E-state index is 0.203. The largest absolute Gasteiger partial charge is 0.384 e. The number of hydrogen-bond acceptors (Lipinski definition) is 4. The number of aryl methyl sites for hydroxylation is 1. The third kappa shape index (κ3) is 2.98. The molecule has 0 saturated carbocycles. The molecule has 5 N–H and O–H groups in total. The first-order chi connectivity index (χ1) is 14.1. The van der Waals surface area contributed by atoms with Crippen LogP contribution in [0.1, 0.15) is 15.9 Å². The number of aromatic nitrogens is 4. The summed E-state index contributed by atoms with van der Waals surface area (Å²) in [5.74, 6) is 0.242. The minimum Gasteiger partial charge on any atom is -0.384 e. The zero-order valence-corrected chi connectivity index (χ0v) is 15.7. The Hall–Kier alpha value is -4.13. The van der Waals surface area contributed by atoms with Gasteiger partial charge >= 0.3 is 0 Å². The number of nitrogens with one attached hydrogen (secondary N) is 3. The van der Waals surface area contributed by atoms with Crippen molar-refractivity contribution in [2.24, 2.45) is 0 Å². The number of amides is 1. The number of pyridine rings is 1. The van der Waals surface area contributed by atoms with Gasteiger partial charge in [-0.1, -0.05) is 17.7 Å². The number of carbonyl (C=O) groups excluding carboxylic acids is 1. The van der Waals surface area contributed by atoms with E-state index in [-0.39, 0.29) is 5.91 Å². The van der Waals surface area contributed by atoms with Crippen LogP contribution in [0.2, 0.25) is 0 Å². The molecule has 142 valence electrons. The van der Waals surface area contributed by atoms with E-state index in [1.54, 1.807) is 12.4 Å². The number of hydrogen-bond donors (Lipinski definition) is 4. The smallest absolute Gasteiger partial charge is 0.257 e. The topological polar surface area (TPSA) is 112 Å². The molecule has 0 aliphatic carbocycles. The Balaban J connectivity index is 1.62. The van der Waals surface area contributed by atoms with E-state index in [0.29, 0.717) is 16.9 Å². The van der Waals surface area contributed by atoms with E-state index in [1.165, 1.54) is 0 Å². The zero-order valence-electron chi connectivity index (χ0n) is 15.7. The maximum absolute atomic E-state index is 13.1. The van der Waals surface area contributed by atoms with E-state index < -0.39 is 0 Å². The molecule has 0 aliphatic rings. The molecule has 0 unspecified atom stereocenters. The fourth-order valence-corrected chi connectivity index (χ4v) is 3.50. The van der Waals surface area contributed by atoms with E-state index in [1.807, 2.05) is 55.6 Å². The van der Waals surface area contributed by atoms with Gasteiger partial charge in [-0.05, 0) is 42.8 Å². The number of nitrogen functional groups attached to an aromatic ring is 1. The van der Waals surface area contributed by atoms with E-state index in [4.69, 9.17) is 5.73 Å². The molecular weight excluding hydrogens is 364 g/mol. The highest BCUT2D eigenvalue weighted by molar-refractivity contribution is 6.13. The maximum atomic E-state index is 13.1. The van der Waals surface area contributed by atoms with Crippen LogP contribution in [0.25, 0.3) is 32.9 Å². The molecule has 7 nitrogen and oxygen atoms in total. The van der Waals surface area contributed by atoms with Crippen LogP contribution in [0, 0.1) is 6.92 Å². The molecule has 0 atom stereocenters. The normalized spacial score (nSPS) is 11.2. The van der Waals surface area contributed by atoms with Crippen molar-refractivity contribution in [3.05, 3.63) is 72.2 Å². The number of nitrogens with two attached hydrogens (primary N) is 1. The van der Waals surface area contributed by atoms with Gasteiger partial charge in [0.1, 0.15) is 5.82 Å². The van der Waals surface area contributed by atoms with Crippen molar-refractivity contribution in [3.8, 4) is 11.1 Å². The molecule has 29 heavy (non-hydrogen) atoms. The Morgan fingerprint density at radius 1 is 1.10 bits per heavy atom. The van der Waals surface area contributed by atoms with Crippen LogP contribution < -0.4 is 11.1 Å². The third-order valence-corrected chi connectivity index (χ3v) is 5.00. The standard InChI is InChI=1S/C22H18N6O/c1-12-2-4-15(5-3-12)27-22(29)17-7-13(6-14-9-26-28-21(14)17)18-10-24-19-11-25-20(23)8-16(18)19/h2-11,24H,1H3,(H2,23,25)(H,26,28)(H,27,29). The second-order valence-electron chi connectivity index (χ2n) is 7.04. The number of benzene rings is 2. The van der Waals surface area contributed by atoms with Crippen LogP contribution >= 0.6 is 0 Å². The third-order valence-electron chi connectivity index (χ3n) is 5.00. The van der Waals surface area contributed by atoms with Crippen molar-refractivity contribution in [3.63, 3.8) is 0 Å². The molecule has 1 amide bonds. The SMILES string of the molecule is Cc1ccc(NC(=O)c2cc(-c3c[nH]c4cnc(N)cc34)cc3cn[nH]c23)cc1. The highest BCUT2D eigenvalue weighted by Crippen LogP contribution is 2.32. The van der Waals surface area contributed by atoms with Gasteiger partial charge in [-0.2, -0.15) is 5.10 Å². The molecule has 0 spiro atoms. The highest BCUT2D eigenvalue weighted by Gasteiger charge is 2.16. The van der Waals surface area contributed by atoms with Crippen molar-refractivity contribution >= 4 is 39.2 Å². The first-order valence-corrected chi connectivity index (χ1v) is 9.16. The minimum atomic E-state index is -0.203. The number of fused-ring (bicyclic) bond motifs is 2. The monoisotopic (exact) mass is 382 g/mol. The molecule has 0 bridgehead atoms. The van der Waals surface area contributed by atoms with E-state index in [9.17, 15) is 4.79 Å². The average Bonchev–Trinajstić information content (AvgIpc) is 3.35. The number of aromatic amines is 2. The molecular formula is C22H18N6O. The second kappa shape index (κ2) is 6.49. The number of rotatable bonds is 3. The summed E-state index contributed by atoms with van der Waals surface area (Å²) in [6.45, 7) is 2.01. The number of H-pyrrole nitrogens is 2. The molecule has 0 saturated heterocycles. The maximum Gasteiger partial charge on any atom is 0.257 e. The number of anilines is 2. The Morgan fingerprint density at radius 3 is 2.76 bits per heavy atom. The lowest BCUT2D eigenvalue weighted by atomic mass is 9.99. The second-order valence-corrected chi connectivity index (χ2v) is 7.04. The Morgan fingerprint density at radius 2 is 1.93 bits per heavy atom. The van der Waals surface area contributed by atoms with Gasteiger partial charge in [-0.3, -0.25) is 9.89 Å². The Labute approximate surface area is 166 Å². The van der Waals surface area contributed by atoms with Gasteiger partial charge < -0.3 is 16.0 Å². The first-order valence-electron chi connectivity index (χ1n) is 9.16. The van der Waals surface area contributed by atoms with Crippen LogP contribution in [0.15, 0.2) is 61.1 Å². The van der Waals surface area contributed by atoms with Gasteiger partial charge in [0.05, 0.1) is 29.0 Å². The summed E-state index contributed by atoms with van der Waals surface area (Å²) in [4.78, 5) is 20.4. The van der Waals surface area contributed by atoms with E-state index >= 15 is 0 Å². The predicted octanol–water partition coefficient (Wildman–Crippen LogP) is 4.25. The molecule has 0 radical (unpaired) electrons. The number of carbonyl (C=O) groups is 1. The summed E-state index contributed by atoms with van der Waals surface area (Å²) in [7, 11) is 0. The summed E-state index contributed by atoms with van der Waals surface area (Å²) in [5.41, 5.74) is 11.7. The van der Waals surface area contributed by atoms with Gasteiger partial charge in [-0.25, -0.2) is 4.98 Å². The lowest BCUT2D eigenvalue weighted by molar-refractivity contribution is 0.102. The molecule has 3 aromatic heterocycles. The Bertz CT molecular complexity index is 1360. The van der Waals surface area contributed by atoms with E-state index in [0.717, 1.165) is 38.7 Å². The number of nitrogens with zero attached hydrogens (tertiary/aromatic N) is 2. The van der Waals surface area contributed by atoms with Crippen LogP contribution in [-0.2, 0) is 0 Å². The quantitative estimate of drug-likeness (QED) is 0.374. The lowest BCUT2D eigenvalue weighted by Crippen LogP contribution is -2.12.